The van der Waals surface area contributed by atoms with Gasteiger partial charge in [-0.3, -0.25) is 14.9 Å². The first-order valence-electron chi connectivity index (χ1n) is 5.90. The second-order valence-corrected chi connectivity index (χ2v) is 4.85. The Morgan fingerprint density at radius 2 is 1.88 bits per heavy atom. The molecule has 0 saturated heterocycles. The first-order chi connectivity index (χ1) is 7.73. The van der Waals surface area contributed by atoms with Crippen molar-refractivity contribution >= 4 is 11.9 Å². The molecule has 0 fully saturated rings. The minimum absolute atomic E-state index is 0.220. The van der Waals surface area contributed by atoms with Crippen molar-refractivity contribution in [2.45, 2.75) is 52.6 Å². The fourth-order valence-corrected chi connectivity index (χ4v) is 1.83. The summed E-state index contributed by atoms with van der Waals surface area (Å²) in [6.07, 6.45) is 0.450. The Hall–Kier alpha value is -1.10. The molecule has 100 valence electrons. The highest BCUT2D eigenvalue weighted by atomic mass is 16.5. The molecular formula is C12H23NO4. The smallest absolute Gasteiger partial charge is 0.323 e. The molecule has 0 aromatic carbocycles. The number of carbonyl (C=O) groups excluding carboxylic acids is 1. The standard InChI is InChI=1S/C12H23NO4/c1-6-17-10(14)9(4)13-12(5,11(15)16)7-8(2)3/h8-9,13H,6-7H2,1-5H3,(H,15,16). The summed E-state index contributed by atoms with van der Waals surface area (Å²) in [4.78, 5) is 22.7. The molecule has 0 heterocycles. The third kappa shape index (κ3) is 5.17. The maximum atomic E-state index is 11.5. The highest BCUT2D eigenvalue weighted by Crippen LogP contribution is 2.18. The summed E-state index contributed by atoms with van der Waals surface area (Å²) in [5.74, 6) is -1.16. The van der Waals surface area contributed by atoms with Crippen LogP contribution in [0.2, 0.25) is 0 Å². The molecule has 17 heavy (non-hydrogen) atoms. The molecule has 2 unspecified atom stereocenters. The SMILES string of the molecule is CCOC(=O)C(C)NC(C)(CC(C)C)C(=O)O. The lowest BCUT2D eigenvalue weighted by Gasteiger charge is -2.30. The number of aliphatic carboxylic acids is 1. The Balaban J connectivity index is 4.65. The van der Waals surface area contributed by atoms with E-state index >= 15 is 0 Å². The molecule has 0 aromatic heterocycles. The van der Waals surface area contributed by atoms with Crippen LogP contribution in [0.1, 0.15) is 41.0 Å². The second-order valence-electron chi connectivity index (χ2n) is 4.85. The van der Waals surface area contributed by atoms with Gasteiger partial charge in [0.2, 0.25) is 0 Å². The third-order valence-electron chi connectivity index (χ3n) is 2.46. The van der Waals surface area contributed by atoms with Crippen LogP contribution in [0.15, 0.2) is 0 Å². The summed E-state index contributed by atoms with van der Waals surface area (Å²) >= 11 is 0. The number of hydrogen-bond acceptors (Lipinski definition) is 4. The van der Waals surface area contributed by atoms with Crippen molar-refractivity contribution in [2.24, 2.45) is 5.92 Å². The molecule has 0 aliphatic carbocycles. The summed E-state index contributed by atoms with van der Waals surface area (Å²) in [6, 6.07) is -0.630. The van der Waals surface area contributed by atoms with Gasteiger partial charge in [-0.05, 0) is 33.1 Å². The monoisotopic (exact) mass is 245 g/mol. The summed E-state index contributed by atoms with van der Waals surface area (Å²) in [6.45, 7) is 9.09. The van der Waals surface area contributed by atoms with Crippen molar-refractivity contribution < 1.29 is 19.4 Å². The fourth-order valence-electron chi connectivity index (χ4n) is 1.83. The van der Waals surface area contributed by atoms with Gasteiger partial charge in [0.05, 0.1) is 6.61 Å². The number of hydrogen-bond donors (Lipinski definition) is 2. The van der Waals surface area contributed by atoms with Crippen molar-refractivity contribution in [2.75, 3.05) is 6.61 Å². The summed E-state index contributed by atoms with van der Waals surface area (Å²) in [7, 11) is 0. The normalized spacial score (nSPS) is 16.4. The molecule has 2 atom stereocenters. The van der Waals surface area contributed by atoms with Crippen molar-refractivity contribution in [3.8, 4) is 0 Å². The zero-order chi connectivity index (χ0) is 13.6. The predicted octanol–water partition coefficient (Wildman–Crippen LogP) is 1.42. The zero-order valence-corrected chi connectivity index (χ0v) is 11.2. The van der Waals surface area contributed by atoms with Crippen molar-refractivity contribution in [3.63, 3.8) is 0 Å². The first-order valence-corrected chi connectivity index (χ1v) is 5.90. The molecule has 2 N–H and O–H groups in total. The Labute approximate surface area is 103 Å². The van der Waals surface area contributed by atoms with Crippen LogP contribution >= 0.6 is 0 Å². The molecule has 0 bridgehead atoms. The van der Waals surface area contributed by atoms with Gasteiger partial charge < -0.3 is 9.84 Å². The molecule has 0 aliphatic heterocycles. The molecule has 0 aliphatic rings. The van der Waals surface area contributed by atoms with Crippen LogP contribution in [0.4, 0.5) is 0 Å². The maximum Gasteiger partial charge on any atom is 0.323 e. The van der Waals surface area contributed by atoms with E-state index in [0.717, 1.165) is 0 Å². The van der Waals surface area contributed by atoms with E-state index < -0.39 is 23.5 Å². The molecule has 0 aromatic rings. The Morgan fingerprint density at radius 3 is 2.24 bits per heavy atom. The average molecular weight is 245 g/mol. The van der Waals surface area contributed by atoms with E-state index in [0.29, 0.717) is 13.0 Å². The van der Waals surface area contributed by atoms with Crippen LogP contribution in [0.5, 0.6) is 0 Å². The van der Waals surface area contributed by atoms with E-state index in [1.54, 1.807) is 20.8 Å². The predicted molar refractivity (Wildman–Crippen MR) is 64.7 cm³/mol. The Morgan fingerprint density at radius 1 is 1.35 bits per heavy atom. The van der Waals surface area contributed by atoms with Crippen molar-refractivity contribution in [1.29, 1.82) is 0 Å². The number of ether oxygens (including phenoxy) is 1. The van der Waals surface area contributed by atoms with Gasteiger partial charge in [0.25, 0.3) is 0 Å². The van der Waals surface area contributed by atoms with Crippen molar-refractivity contribution in [1.82, 2.24) is 5.32 Å². The van der Waals surface area contributed by atoms with Gasteiger partial charge in [-0.15, -0.1) is 0 Å². The van der Waals surface area contributed by atoms with Gasteiger partial charge in [-0.25, -0.2) is 0 Å². The number of carbonyl (C=O) groups is 2. The molecule has 5 heteroatoms. The van der Waals surface area contributed by atoms with E-state index in [4.69, 9.17) is 4.74 Å². The van der Waals surface area contributed by atoms with Gasteiger partial charge >= 0.3 is 11.9 Å². The number of esters is 1. The molecule has 0 amide bonds. The number of carboxylic acids is 1. The Kier molecular flexibility index (Phi) is 6.16. The van der Waals surface area contributed by atoms with Gasteiger partial charge in [0.1, 0.15) is 11.6 Å². The maximum absolute atomic E-state index is 11.5. The molecule has 0 radical (unpaired) electrons. The molecule has 5 nitrogen and oxygen atoms in total. The summed E-state index contributed by atoms with van der Waals surface area (Å²) in [5, 5.41) is 12.1. The highest BCUT2D eigenvalue weighted by molar-refractivity contribution is 5.81. The van der Waals surface area contributed by atoms with Gasteiger partial charge in [-0.2, -0.15) is 0 Å². The molecule has 0 saturated carbocycles. The summed E-state index contributed by atoms with van der Waals surface area (Å²) in [5.41, 5.74) is -1.11. The number of rotatable bonds is 7. The van der Waals surface area contributed by atoms with Crippen LogP contribution in [0.3, 0.4) is 0 Å². The minimum atomic E-state index is -1.11. The lowest BCUT2D eigenvalue weighted by Crippen LogP contribution is -2.56. The quantitative estimate of drug-likeness (QED) is 0.663. The Bertz CT molecular complexity index is 278. The van der Waals surface area contributed by atoms with Gasteiger partial charge in [-0.1, -0.05) is 13.8 Å². The van der Waals surface area contributed by atoms with Gasteiger partial charge in [0, 0.05) is 0 Å². The molecule has 0 rings (SSSR count). The van der Waals surface area contributed by atoms with E-state index in [-0.39, 0.29) is 5.92 Å². The van der Waals surface area contributed by atoms with E-state index in [1.165, 1.54) is 0 Å². The summed E-state index contributed by atoms with van der Waals surface area (Å²) < 4.78 is 4.84. The highest BCUT2D eigenvalue weighted by Gasteiger charge is 2.36. The number of carboxylic acid groups (broad SMARTS) is 1. The third-order valence-corrected chi connectivity index (χ3v) is 2.46. The van der Waals surface area contributed by atoms with Crippen LogP contribution in [0, 0.1) is 5.92 Å². The van der Waals surface area contributed by atoms with E-state index in [9.17, 15) is 14.7 Å². The van der Waals surface area contributed by atoms with Crippen LogP contribution < -0.4 is 5.32 Å². The lowest BCUT2D eigenvalue weighted by molar-refractivity contribution is -0.149. The molecule has 0 spiro atoms. The van der Waals surface area contributed by atoms with E-state index in [2.05, 4.69) is 5.32 Å². The van der Waals surface area contributed by atoms with Crippen molar-refractivity contribution in [3.05, 3.63) is 0 Å². The van der Waals surface area contributed by atoms with Crippen LogP contribution in [-0.4, -0.2) is 35.2 Å². The number of nitrogens with one attached hydrogen (secondary N) is 1. The van der Waals surface area contributed by atoms with Crippen LogP contribution in [0.25, 0.3) is 0 Å². The van der Waals surface area contributed by atoms with E-state index in [1.807, 2.05) is 13.8 Å². The van der Waals surface area contributed by atoms with Gasteiger partial charge in [0.15, 0.2) is 0 Å². The minimum Gasteiger partial charge on any atom is -0.480 e. The average Bonchev–Trinajstić information content (AvgIpc) is 2.16. The lowest BCUT2D eigenvalue weighted by atomic mass is 9.90. The zero-order valence-electron chi connectivity index (χ0n) is 11.2. The fraction of sp³-hybridized carbons (Fsp3) is 0.833. The van der Waals surface area contributed by atoms with Crippen LogP contribution in [-0.2, 0) is 14.3 Å². The first kappa shape index (κ1) is 15.9. The molecular weight excluding hydrogens is 222 g/mol. The second kappa shape index (κ2) is 6.59. The topological polar surface area (TPSA) is 75.6 Å². The largest absolute Gasteiger partial charge is 0.480 e.